The predicted molar refractivity (Wildman–Crippen MR) is 151 cm³/mol. The molecular formula is C30H34N4O7. The van der Waals surface area contributed by atoms with Crippen LogP contribution in [-0.2, 0) is 14.3 Å². The first kappa shape index (κ1) is 28.2. The molecule has 3 aromatic rings. The zero-order valence-corrected chi connectivity index (χ0v) is 23.6. The van der Waals surface area contributed by atoms with Gasteiger partial charge in [0.25, 0.3) is 11.7 Å². The van der Waals surface area contributed by atoms with Gasteiger partial charge in [-0.15, -0.1) is 0 Å². The number of methoxy groups -OCH3 is 3. The van der Waals surface area contributed by atoms with E-state index in [0.717, 1.165) is 18.8 Å². The Balaban J connectivity index is 1.63. The first-order valence-corrected chi connectivity index (χ1v) is 13.4. The third kappa shape index (κ3) is 5.25. The number of amides is 1. The van der Waals surface area contributed by atoms with Crippen molar-refractivity contribution in [1.82, 2.24) is 19.6 Å². The van der Waals surface area contributed by atoms with Gasteiger partial charge in [0, 0.05) is 26.2 Å². The van der Waals surface area contributed by atoms with Crippen molar-refractivity contribution in [2.45, 2.75) is 13.0 Å². The lowest BCUT2D eigenvalue weighted by molar-refractivity contribution is -0.140. The summed E-state index contributed by atoms with van der Waals surface area (Å²) in [5.74, 6) is -0.635. The molecule has 2 fully saturated rings. The molecule has 1 amide bonds. The summed E-state index contributed by atoms with van der Waals surface area (Å²) in [6, 6.07) is 12.0. The van der Waals surface area contributed by atoms with Gasteiger partial charge in [-0.25, -0.2) is 4.68 Å². The van der Waals surface area contributed by atoms with Crippen LogP contribution in [0, 0.1) is 6.92 Å². The highest BCUT2D eigenvalue weighted by molar-refractivity contribution is 6.46. The molecule has 0 aliphatic carbocycles. The summed E-state index contributed by atoms with van der Waals surface area (Å²) < 4.78 is 23.8. The van der Waals surface area contributed by atoms with E-state index in [0.29, 0.717) is 53.8 Å². The van der Waals surface area contributed by atoms with Crippen LogP contribution in [0.3, 0.4) is 0 Å². The molecule has 0 bridgehead atoms. The van der Waals surface area contributed by atoms with E-state index >= 15 is 0 Å². The molecule has 2 aromatic carbocycles. The lowest BCUT2D eigenvalue weighted by Gasteiger charge is -2.31. The number of nitrogens with zero attached hydrogens (tertiary/aromatic N) is 4. The third-order valence-electron chi connectivity index (χ3n) is 7.57. The first-order valence-electron chi connectivity index (χ1n) is 13.4. The molecule has 0 spiro atoms. The third-order valence-corrected chi connectivity index (χ3v) is 7.57. The van der Waals surface area contributed by atoms with E-state index in [2.05, 4.69) is 10.00 Å². The normalized spacial score (nSPS) is 19.0. The lowest BCUT2D eigenvalue weighted by Crippen LogP contribution is -2.42. The smallest absolute Gasteiger partial charge is 0.295 e. The van der Waals surface area contributed by atoms with E-state index in [9.17, 15) is 14.7 Å². The number of ether oxygens (including phenoxy) is 4. The van der Waals surface area contributed by atoms with Gasteiger partial charge in [0.05, 0.1) is 69.3 Å². The van der Waals surface area contributed by atoms with Crippen LogP contribution in [0.25, 0.3) is 11.4 Å². The molecule has 216 valence electrons. The molecule has 1 N–H and O–H groups in total. The van der Waals surface area contributed by atoms with Crippen LogP contribution in [0.4, 0.5) is 0 Å². The van der Waals surface area contributed by atoms with Crippen molar-refractivity contribution in [3.8, 4) is 22.9 Å². The largest absolute Gasteiger partial charge is 0.507 e. The topological polar surface area (TPSA) is 116 Å². The number of Topliss-reactive ketones (excluding diaryl/α,β-unsaturated/α-hetero) is 1. The summed E-state index contributed by atoms with van der Waals surface area (Å²) in [5, 5.41) is 16.1. The van der Waals surface area contributed by atoms with Crippen LogP contribution in [0.2, 0.25) is 0 Å². The second kappa shape index (κ2) is 12.0. The molecular weight excluding hydrogens is 528 g/mol. The number of carbonyl (C=O) groups excluding carboxylic acids is 2. The number of hydrogen-bond donors (Lipinski definition) is 1. The summed E-state index contributed by atoms with van der Waals surface area (Å²) in [6.45, 7) is 5.30. The summed E-state index contributed by atoms with van der Waals surface area (Å²) in [4.78, 5) is 30.8. The fourth-order valence-corrected chi connectivity index (χ4v) is 5.41. The first-order chi connectivity index (χ1) is 19.9. The molecule has 2 saturated heterocycles. The lowest BCUT2D eigenvalue weighted by atomic mass is 9.94. The zero-order valence-electron chi connectivity index (χ0n) is 23.6. The number of morpholine rings is 1. The Morgan fingerprint density at radius 1 is 1.00 bits per heavy atom. The Kier molecular flexibility index (Phi) is 8.27. The van der Waals surface area contributed by atoms with Gasteiger partial charge in [0.15, 0.2) is 11.5 Å². The Morgan fingerprint density at radius 3 is 2.27 bits per heavy atom. The van der Waals surface area contributed by atoms with Crippen molar-refractivity contribution in [2.75, 3.05) is 60.7 Å². The molecule has 1 aromatic heterocycles. The number of ketones is 1. The monoisotopic (exact) mass is 562 g/mol. The molecule has 2 aliphatic rings. The van der Waals surface area contributed by atoms with Crippen LogP contribution < -0.4 is 14.2 Å². The standard InChI is InChI=1S/C30H34N4O7/c1-19-22(18-31-34(19)21-8-6-5-7-9-21)27(35)25-26(20-16-23(38-2)29(40-4)24(17-20)39-3)33(30(37)28(25)36)11-10-32-12-14-41-15-13-32/h5-9,16-18,26,35H,10-15H2,1-4H3/b27-25+. The molecule has 3 heterocycles. The van der Waals surface area contributed by atoms with Crippen LogP contribution in [0.5, 0.6) is 17.2 Å². The molecule has 41 heavy (non-hydrogen) atoms. The Morgan fingerprint density at radius 2 is 1.66 bits per heavy atom. The SMILES string of the molecule is COc1cc(C2/C(=C(\O)c3cnn(-c4ccccc4)c3C)C(=O)C(=O)N2CCN2CCOCC2)cc(OC)c1OC. The van der Waals surface area contributed by atoms with Gasteiger partial charge in [-0.2, -0.15) is 5.10 Å². The highest BCUT2D eigenvalue weighted by Crippen LogP contribution is 2.45. The van der Waals surface area contributed by atoms with E-state index in [-0.39, 0.29) is 17.9 Å². The fourth-order valence-electron chi connectivity index (χ4n) is 5.41. The number of likely N-dealkylation sites (tertiary alicyclic amines) is 1. The minimum absolute atomic E-state index is 0.0260. The van der Waals surface area contributed by atoms with Crippen LogP contribution >= 0.6 is 0 Å². The Bertz CT molecular complexity index is 1440. The van der Waals surface area contributed by atoms with Gasteiger partial charge in [-0.1, -0.05) is 18.2 Å². The number of hydrogen-bond acceptors (Lipinski definition) is 9. The number of benzene rings is 2. The molecule has 0 radical (unpaired) electrons. The van der Waals surface area contributed by atoms with Gasteiger partial charge < -0.3 is 29.0 Å². The second-order valence-electron chi connectivity index (χ2n) is 9.80. The number of carbonyl (C=O) groups is 2. The molecule has 5 rings (SSSR count). The van der Waals surface area contributed by atoms with Gasteiger partial charge in [0.2, 0.25) is 5.75 Å². The maximum absolute atomic E-state index is 13.6. The van der Waals surface area contributed by atoms with Crippen molar-refractivity contribution in [3.63, 3.8) is 0 Å². The number of para-hydroxylation sites is 1. The molecule has 11 heteroatoms. The highest BCUT2D eigenvalue weighted by Gasteiger charge is 2.47. The maximum Gasteiger partial charge on any atom is 0.295 e. The van der Waals surface area contributed by atoms with Crippen molar-refractivity contribution < 1.29 is 33.6 Å². The van der Waals surface area contributed by atoms with E-state index in [4.69, 9.17) is 18.9 Å². The van der Waals surface area contributed by atoms with Crippen molar-refractivity contribution in [3.05, 3.63) is 71.1 Å². The Labute approximate surface area is 238 Å². The van der Waals surface area contributed by atoms with Crippen molar-refractivity contribution >= 4 is 17.4 Å². The summed E-state index contributed by atoms with van der Waals surface area (Å²) >= 11 is 0. The van der Waals surface area contributed by atoms with Gasteiger partial charge in [-0.05, 0) is 36.8 Å². The minimum Gasteiger partial charge on any atom is -0.507 e. The van der Waals surface area contributed by atoms with Crippen molar-refractivity contribution in [1.29, 1.82) is 0 Å². The van der Waals surface area contributed by atoms with Crippen molar-refractivity contribution in [2.24, 2.45) is 0 Å². The number of aromatic nitrogens is 2. The van der Waals surface area contributed by atoms with Gasteiger partial charge in [-0.3, -0.25) is 14.5 Å². The average Bonchev–Trinajstić information content (AvgIpc) is 3.52. The summed E-state index contributed by atoms with van der Waals surface area (Å²) in [5.41, 5.74) is 2.29. The quantitative estimate of drug-likeness (QED) is 0.239. The second-order valence-corrected chi connectivity index (χ2v) is 9.80. The molecule has 11 nitrogen and oxygen atoms in total. The number of aliphatic hydroxyl groups excluding tert-OH is 1. The number of aliphatic hydroxyl groups is 1. The molecule has 1 unspecified atom stereocenters. The highest BCUT2D eigenvalue weighted by atomic mass is 16.5. The maximum atomic E-state index is 13.6. The van der Waals surface area contributed by atoms with Crippen LogP contribution in [0.15, 0.2) is 54.2 Å². The van der Waals surface area contributed by atoms with Gasteiger partial charge >= 0.3 is 0 Å². The zero-order chi connectivity index (χ0) is 29.1. The van der Waals surface area contributed by atoms with E-state index in [1.54, 1.807) is 23.7 Å². The molecule has 0 saturated carbocycles. The average molecular weight is 563 g/mol. The van der Waals surface area contributed by atoms with Crippen LogP contribution in [-0.4, -0.2) is 97.1 Å². The predicted octanol–water partition coefficient (Wildman–Crippen LogP) is 2.96. The van der Waals surface area contributed by atoms with E-state index in [1.165, 1.54) is 32.4 Å². The number of rotatable bonds is 9. The fraction of sp³-hybridized carbons (Fsp3) is 0.367. The van der Waals surface area contributed by atoms with E-state index in [1.807, 2.05) is 30.3 Å². The van der Waals surface area contributed by atoms with E-state index < -0.39 is 17.7 Å². The minimum atomic E-state index is -0.899. The Hall–Kier alpha value is -4.35. The summed E-state index contributed by atoms with van der Waals surface area (Å²) in [6.07, 6.45) is 1.51. The van der Waals surface area contributed by atoms with Crippen LogP contribution in [0.1, 0.15) is 22.9 Å². The van der Waals surface area contributed by atoms with Gasteiger partial charge in [0.1, 0.15) is 5.76 Å². The molecule has 2 aliphatic heterocycles. The molecule has 1 atom stereocenters. The summed E-state index contributed by atoms with van der Waals surface area (Å²) in [7, 11) is 4.50.